The summed E-state index contributed by atoms with van der Waals surface area (Å²) < 4.78 is 5.73. The van der Waals surface area contributed by atoms with Crippen LogP contribution in [-0.2, 0) is 0 Å². The van der Waals surface area contributed by atoms with Crippen LogP contribution >= 0.6 is 0 Å². The van der Waals surface area contributed by atoms with E-state index in [1.165, 1.54) is 0 Å². The molecule has 4 nitrogen and oxygen atoms in total. The molecule has 1 rings (SSSR count). The van der Waals surface area contributed by atoms with Gasteiger partial charge in [0.2, 0.25) is 0 Å². The van der Waals surface area contributed by atoms with Gasteiger partial charge >= 0.3 is 6.03 Å². The third kappa shape index (κ3) is 5.51. The molecule has 0 aliphatic rings. The molecule has 0 bridgehead atoms. The first-order valence-corrected chi connectivity index (χ1v) is 7.26. The van der Waals surface area contributed by atoms with Crippen molar-refractivity contribution in [1.82, 2.24) is 5.32 Å². The highest BCUT2D eigenvalue weighted by molar-refractivity contribution is 5.89. The molecule has 0 fully saturated rings. The Morgan fingerprint density at radius 3 is 2.55 bits per heavy atom. The molecule has 0 heterocycles. The number of carbonyl (C=O) groups excluding carboxylic acids is 1. The zero-order valence-electron chi connectivity index (χ0n) is 13.1. The van der Waals surface area contributed by atoms with Crippen molar-refractivity contribution in [2.45, 2.75) is 53.2 Å². The fourth-order valence-corrected chi connectivity index (χ4v) is 1.50. The minimum Gasteiger partial charge on any atom is -0.491 e. The molecule has 0 aromatic heterocycles. The molecule has 2 N–H and O–H groups in total. The number of amides is 2. The maximum Gasteiger partial charge on any atom is 0.319 e. The number of carbonyl (C=O) groups is 1. The monoisotopic (exact) mass is 278 g/mol. The number of nitrogens with one attached hydrogen (secondary N) is 2. The molecule has 0 saturated carbocycles. The average Bonchev–Trinajstić information content (AvgIpc) is 2.38. The highest BCUT2D eigenvalue weighted by Gasteiger charge is 2.11. The molecule has 112 valence electrons. The fraction of sp³-hybridized carbons (Fsp3) is 0.562. The highest BCUT2D eigenvalue weighted by atomic mass is 16.5. The van der Waals surface area contributed by atoms with Crippen molar-refractivity contribution in [3.63, 3.8) is 0 Å². The van der Waals surface area contributed by atoms with Crippen molar-refractivity contribution in [1.29, 1.82) is 0 Å². The van der Waals surface area contributed by atoms with E-state index in [-0.39, 0.29) is 18.2 Å². The number of rotatable bonds is 6. The summed E-state index contributed by atoms with van der Waals surface area (Å²) in [6.45, 7) is 10.2. The molecule has 2 unspecified atom stereocenters. The maximum atomic E-state index is 11.9. The second kappa shape index (κ2) is 7.78. The number of urea groups is 1. The number of benzene rings is 1. The number of anilines is 1. The van der Waals surface area contributed by atoms with E-state index < -0.39 is 0 Å². The summed E-state index contributed by atoms with van der Waals surface area (Å²) >= 11 is 0. The van der Waals surface area contributed by atoms with Crippen LogP contribution in [0.25, 0.3) is 0 Å². The van der Waals surface area contributed by atoms with Gasteiger partial charge in [0.25, 0.3) is 0 Å². The first-order chi connectivity index (χ1) is 9.42. The van der Waals surface area contributed by atoms with E-state index >= 15 is 0 Å². The van der Waals surface area contributed by atoms with Crippen molar-refractivity contribution in [3.8, 4) is 5.75 Å². The second-order valence-corrected chi connectivity index (χ2v) is 5.50. The standard InChI is InChI=1S/C16H26N2O2/c1-6-12(4)20-15-9-7-8-14(10-15)18-16(19)17-13(5)11(2)3/h7-13H,6H2,1-5H3,(H2,17,18,19). The average molecular weight is 278 g/mol. The largest absolute Gasteiger partial charge is 0.491 e. The molecule has 0 saturated heterocycles. The molecule has 2 atom stereocenters. The Morgan fingerprint density at radius 2 is 1.95 bits per heavy atom. The molecule has 0 radical (unpaired) electrons. The predicted molar refractivity (Wildman–Crippen MR) is 83.3 cm³/mol. The third-order valence-corrected chi connectivity index (χ3v) is 3.36. The molecule has 4 heteroatoms. The van der Waals surface area contributed by atoms with Gasteiger partial charge in [-0.2, -0.15) is 0 Å². The van der Waals surface area contributed by atoms with E-state index in [4.69, 9.17) is 4.74 Å². The molecule has 20 heavy (non-hydrogen) atoms. The lowest BCUT2D eigenvalue weighted by Crippen LogP contribution is -2.38. The zero-order chi connectivity index (χ0) is 15.1. The molecular formula is C16H26N2O2. The SMILES string of the molecule is CCC(C)Oc1cccc(NC(=O)NC(C)C(C)C)c1. The zero-order valence-corrected chi connectivity index (χ0v) is 13.1. The van der Waals surface area contributed by atoms with Crippen molar-refractivity contribution < 1.29 is 9.53 Å². The Hall–Kier alpha value is -1.71. The lowest BCUT2D eigenvalue weighted by atomic mass is 10.1. The number of hydrogen-bond acceptors (Lipinski definition) is 2. The third-order valence-electron chi connectivity index (χ3n) is 3.36. The summed E-state index contributed by atoms with van der Waals surface area (Å²) in [4.78, 5) is 11.9. The quantitative estimate of drug-likeness (QED) is 0.825. The number of hydrogen-bond donors (Lipinski definition) is 2. The minimum absolute atomic E-state index is 0.134. The van der Waals surface area contributed by atoms with Crippen LogP contribution in [0.4, 0.5) is 10.5 Å². The summed E-state index contributed by atoms with van der Waals surface area (Å²) in [6, 6.07) is 7.40. The summed E-state index contributed by atoms with van der Waals surface area (Å²) in [5.74, 6) is 1.18. The smallest absolute Gasteiger partial charge is 0.319 e. The van der Waals surface area contributed by atoms with Gasteiger partial charge in [0.15, 0.2) is 0 Å². The summed E-state index contributed by atoms with van der Waals surface area (Å²) in [7, 11) is 0. The Balaban J connectivity index is 2.59. The maximum absolute atomic E-state index is 11.9. The van der Waals surface area contributed by atoms with E-state index in [1.54, 1.807) is 0 Å². The first-order valence-electron chi connectivity index (χ1n) is 7.26. The summed E-state index contributed by atoms with van der Waals surface area (Å²) in [5, 5.41) is 5.74. The van der Waals surface area contributed by atoms with E-state index in [9.17, 15) is 4.79 Å². The topological polar surface area (TPSA) is 50.4 Å². The van der Waals surface area contributed by atoms with Crippen molar-refractivity contribution in [2.75, 3.05) is 5.32 Å². The van der Waals surface area contributed by atoms with Gasteiger partial charge in [0.05, 0.1) is 6.10 Å². The first kappa shape index (κ1) is 16.3. The molecule has 1 aromatic rings. The summed E-state index contributed by atoms with van der Waals surface area (Å²) in [6.07, 6.45) is 1.12. The Labute approximate surface area is 121 Å². The van der Waals surface area contributed by atoms with E-state index in [0.717, 1.165) is 17.9 Å². The Morgan fingerprint density at radius 1 is 1.25 bits per heavy atom. The van der Waals surface area contributed by atoms with Gasteiger partial charge in [-0.1, -0.05) is 26.8 Å². The van der Waals surface area contributed by atoms with Gasteiger partial charge in [-0.3, -0.25) is 0 Å². The lowest BCUT2D eigenvalue weighted by molar-refractivity contribution is 0.217. The van der Waals surface area contributed by atoms with Crippen molar-refractivity contribution in [3.05, 3.63) is 24.3 Å². The van der Waals surface area contributed by atoms with Crippen LogP contribution in [-0.4, -0.2) is 18.2 Å². The summed E-state index contributed by atoms with van der Waals surface area (Å²) in [5.41, 5.74) is 0.735. The van der Waals surface area contributed by atoms with E-state index in [1.807, 2.05) is 38.1 Å². The van der Waals surface area contributed by atoms with Crippen LogP contribution < -0.4 is 15.4 Å². The molecule has 2 amide bonds. The Kier molecular flexibility index (Phi) is 6.36. The molecule has 0 spiro atoms. The Bertz CT molecular complexity index is 432. The molecule has 0 aliphatic heterocycles. The minimum atomic E-state index is -0.188. The predicted octanol–water partition coefficient (Wildman–Crippen LogP) is 4.03. The lowest BCUT2D eigenvalue weighted by Gasteiger charge is -2.18. The van der Waals surface area contributed by atoms with Gasteiger partial charge in [0, 0.05) is 17.8 Å². The van der Waals surface area contributed by atoms with E-state index in [2.05, 4.69) is 31.4 Å². The van der Waals surface area contributed by atoms with Crippen LogP contribution in [0.1, 0.15) is 41.0 Å². The van der Waals surface area contributed by atoms with Crippen LogP contribution in [0, 0.1) is 5.92 Å². The number of ether oxygens (including phenoxy) is 1. The van der Waals surface area contributed by atoms with Gasteiger partial charge in [0.1, 0.15) is 5.75 Å². The van der Waals surface area contributed by atoms with Crippen molar-refractivity contribution >= 4 is 11.7 Å². The molecule has 0 aliphatic carbocycles. The highest BCUT2D eigenvalue weighted by Crippen LogP contribution is 2.19. The molecule has 1 aromatic carbocycles. The second-order valence-electron chi connectivity index (χ2n) is 5.50. The van der Waals surface area contributed by atoms with Gasteiger partial charge in [-0.05, 0) is 38.3 Å². The van der Waals surface area contributed by atoms with Gasteiger partial charge < -0.3 is 15.4 Å². The van der Waals surface area contributed by atoms with Crippen LogP contribution in [0.2, 0.25) is 0 Å². The van der Waals surface area contributed by atoms with Gasteiger partial charge in [-0.25, -0.2) is 4.79 Å². The molecular weight excluding hydrogens is 252 g/mol. The van der Waals surface area contributed by atoms with E-state index in [0.29, 0.717) is 5.92 Å². The van der Waals surface area contributed by atoms with Crippen LogP contribution in [0.5, 0.6) is 5.75 Å². The normalized spacial score (nSPS) is 13.7. The van der Waals surface area contributed by atoms with Crippen LogP contribution in [0.15, 0.2) is 24.3 Å². The van der Waals surface area contributed by atoms with Crippen molar-refractivity contribution in [2.24, 2.45) is 5.92 Å². The van der Waals surface area contributed by atoms with Crippen LogP contribution in [0.3, 0.4) is 0 Å². The fourth-order valence-electron chi connectivity index (χ4n) is 1.50. The van der Waals surface area contributed by atoms with Gasteiger partial charge in [-0.15, -0.1) is 0 Å².